The van der Waals surface area contributed by atoms with Crippen LogP contribution in [0.2, 0.25) is 0 Å². The smallest absolute Gasteiger partial charge is 0.269 e. The molecule has 5 heterocycles. The Labute approximate surface area is 366 Å². The van der Waals surface area contributed by atoms with Crippen molar-refractivity contribution in [2.24, 2.45) is 0 Å². The van der Waals surface area contributed by atoms with Gasteiger partial charge in [-0.1, -0.05) is 0 Å². The van der Waals surface area contributed by atoms with E-state index in [0.717, 1.165) is 12.1 Å². The summed E-state index contributed by atoms with van der Waals surface area (Å²) in [6.45, 7) is -4.63. The Kier molecular flexibility index (Phi) is 17.7. The number of nitro benzene ring substituents is 1. The Bertz CT molecular complexity index is 1640. The Morgan fingerprint density at radius 3 is 0.985 bits per heavy atom. The molecule has 0 aliphatic carbocycles. The Morgan fingerprint density at radius 1 is 0.400 bits per heavy atom. The normalized spacial score (nSPS) is 47.3. The van der Waals surface area contributed by atoms with Crippen molar-refractivity contribution in [2.75, 3.05) is 33.0 Å². The summed E-state index contributed by atoms with van der Waals surface area (Å²) in [4.78, 5) is 10.3. The number of nitro groups is 1. The van der Waals surface area contributed by atoms with Gasteiger partial charge in [0.2, 0.25) is 6.29 Å². The van der Waals surface area contributed by atoms with Gasteiger partial charge in [-0.05, 0) is 12.1 Å². The topological polar surface area (TPSA) is 459 Å². The summed E-state index contributed by atoms with van der Waals surface area (Å²) in [5.41, 5.74) is -0.267. The van der Waals surface area contributed by atoms with Crippen LogP contribution in [0.1, 0.15) is 0 Å². The molecule has 0 radical (unpaired) electrons. The second-order valence-electron chi connectivity index (χ2n) is 15.8. The van der Waals surface area contributed by atoms with Crippen LogP contribution in [0.15, 0.2) is 24.3 Å². The zero-order valence-corrected chi connectivity index (χ0v) is 33.8. The molecule has 5 aliphatic heterocycles. The highest BCUT2D eigenvalue weighted by Crippen LogP contribution is 2.36. The monoisotopic (exact) mass is 949 g/mol. The van der Waals surface area contributed by atoms with E-state index < -0.39 is 191 Å². The molecule has 0 bridgehead atoms. The summed E-state index contributed by atoms with van der Waals surface area (Å²) in [6, 6.07) is 4.59. The van der Waals surface area contributed by atoms with Crippen LogP contribution in [0.3, 0.4) is 0 Å². The average Bonchev–Trinajstić information content (AvgIpc) is 3.30. The van der Waals surface area contributed by atoms with Crippen molar-refractivity contribution in [3.8, 4) is 5.75 Å². The van der Waals surface area contributed by atoms with Gasteiger partial charge >= 0.3 is 0 Å². The summed E-state index contributed by atoms with van der Waals surface area (Å²) in [7, 11) is 0. The molecule has 0 unspecified atom stereocenters. The number of nitrogens with zero attached hydrogens (tertiary/aromatic N) is 1. The van der Waals surface area contributed by atoms with Gasteiger partial charge in [-0.3, -0.25) is 10.1 Å². The Morgan fingerprint density at radius 2 is 0.677 bits per heavy atom. The molecule has 0 aromatic heterocycles. The number of ether oxygens (including phenoxy) is 10. The maximum Gasteiger partial charge on any atom is 0.269 e. The van der Waals surface area contributed by atoms with Crippen LogP contribution in [-0.4, -0.2) is 273 Å². The van der Waals surface area contributed by atoms with E-state index in [2.05, 4.69) is 0 Å². The van der Waals surface area contributed by atoms with Gasteiger partial charge in [-0.15, -0.1) is 0 Å². The summed E-state index contributed by atoms with van der Waals surface area (Å²) in [5, 5.41) is 180. The molecular formula is C36H55NO28. The molecule has 25 atom stereocenters. The number of hydrogen-bond acceptors (Lipinski definition) is 28. The van der Waals surface area contributed by atoms with E-state index in [1.54, 1.807) is 0 Å². The zero-order valence-electron chi connectivity index (χ0n) is 33.8. The van der Waals surface area contributed by atoms with E-state index in [0.29, 0.717) is 0 Å². The molecule has 5 aliphatic rings. The molecule has 29 heteroatoms. The van der Waals surface area contributed by atoms with Crippen molar-refractivity contribution >= 4 is 5.69 Å². The van der Waals surface area contributed by atoms with E-state index in [1.165, 1.54) is 12.1 Å². The fraction of sp³-hybridized carbons (Fsp3) is 0.833. The first-order chi connectivity index (χ1) is 30.9. The summed E-state index contributed by atoms with van der Waals surface area (Å²) in [6.07, 6.45) is -46.2. The number of aliphatic hydroxyl groups is 16. The largest absolute Gasteiger partial charge is 0.462 e. The van der Waals surface area contributed by atoms with Crippen LogP contribution in [0.4, 0.5) is 5.69 Å². The van der Waals surface area contributed by atoms with Crippen molar-refractivity contribution in [3.63, 3.8) is 0 Å². The van der Waals surface area contributed by atoms with Crippen LogP contribution in [0.5, 0.6) is 5.75 Å². The number of aliphatic hydroxyl groups excluding tert-OH is 16. The second kappa shape index (κ2) is 22.2. The van der Waals surface area contributed by atoms with E-state index in [-0.39, 0.29) is 11.4 Å². The van der Waals surface area contributed by atoms with E-state index in [1.807, 2.05) is 0 Å². The molecule has 6 rings (SSSR count). The van der Waals surface area contributed by atoms with Crippen molar-refractivity contribution in [3.05, 3.63) is 34.4 Å². The average molecular weight is 950 g/mol. The Hall–Kier alpha value is -2.58. The van der Waals surface area contributed by atoms with E-state index in [4.69, 9.17) is 47.4 Å². The minimum absolute atomic E-state index is 0.0196. The SMILES string of the molecule is O=[N+]([O-])c1ccc(O[C@@H]2O[C@H](CO)[C@H](O[C@@H]3O[C@H](CO)[C@H](O[C@@H]4O[C@H](CO)[C@H](O[C@@H]5O[C@H](CO)[C@H](O[C@@H]6O[C@H](CO)[C@H](O)[C@H](O)[C@H]6O)[C@H](O)[C@H]5O)[C@H](O)[C@H]4O)[C@H](O)[C@H]3O)[C@H](O)[C@H]2O)cc1. The van der Waals surface area contributed by atoms with Crippen LogP contribution in [0.25, 0.3) is 0 Å². The lowest BCUT2D eigenvalue weighted by atomic mass is 9.95. The zero-order chi connectivity index (χ0) is 47.6. The minimum Gasteiger partial charge on any atom is -0.462 e. The number of hydrogen-bond donors (Lipinski definition) is 16. The van der Waals surface area contributed by atoms with Crippen molar-refractivity contribution in [1.29, 1.82) is 0 Å². The van der Waals surface area contributed by atoms with Crippen molar-refractivity contribution in [2.45, 2.75) is 154 Å². The highest BCUT2D eigenvalue weighted by atomic mass is 16.8. The third kappa shape index (κ3) is 10.8. The predicted molar refractivity (Wildman–Crippen MR) is 198 cm³/mol. The van der Waals surface area contributed by atoms with Gasteiger partial charge in [-0.2, -0.15) is 0 Å². The standard InChI is InChI=1S/C36H55NO28/c38-5-12-17(43)18(44)23(49)33(57-12)62-29-14(7-40)59-35(25(51)20(29)46)64-31-16(9-42)61-36(27(53)22(31)48)65-30-15(8-41)60-34(26(52)21(30)47)63-28-13(6-39)58-32(24(50)19(28)45)56-11-3-1-10(2-4-11)37(54)55/h1-4,12-36,38-53H,5-9H2/t12-,13-,14-,15-,16-,17+,18+,19-,20-,21-,22-,23-,24-,25-,26-,27-,28+,29+,30+,31+,32-,33+,34+,35+,36+/m1/s1. The van der Waals surface area contributed by atoms with Gasteiger partial charge < -0.3 is 129 Å². The lowest BCUT2D eigenvalue weighted by Gasteiger charge is -2.49. The highest BCUT2D eigenvalue weighted by Gasteiger charge is 2.56. The van der Waals surface area contributed by atoms with Gasteiger partial charge in [0.05, 0.1) is 38.0 Å². The lowest BCUT2D eigenvalue weighted by molar-refractivity contribution is -0.392. The first-order valence-electron chi connectivity index (χ1n) is 20.2. The molecule has 5 saturated heterocycles. The molecule has 1 aromatic carbocycles. The molecule has 0 amide bonds. The van der Waals surface area contributed by atoms with Crippen LogP contribution < -0.4 is 4.74 Å². The lowest BCUT2D eigenvalue weighted by Crippen LogP contribution is -2.68. The van der Waals surface area contributed by atoms with Crippen LogP contribution in [0, 0.1) is 10.1 Å². The molecular weight excluding hydrogens is 894 g/mol. The van der Waals surface area contributed by atoms with Gasteiger partial charge in [0.1, 0.15) is 128 Å². The maximum absolute atomic E-state index is 11.2. The van der Waals surface area contributed by atoms with Gasteiger partial charge in [0, 0.05) is 12.1 Å². The fourth-order valence-electron chi connectivity index (χ4n) is 7.90. The summed E-state index contributed by atoms with van der Waals surface area (Å²) in [5.74, 6) is -0.0196. The minimum atomic E-state index is -2.15. The molecule has 0 spiro atoms. The maximum atomic E-state index is 11.2. The predicted octanol–water partition coefficient (Wildman–Crippen LogP) is -9.93. The van der Waals surface area contributed by atoms with Gasteiger partial charge in [0.15, 0.2) is 25.2 Å². The van der Waals surface area contributed by atoms with Crippen molar-refractivity contribution < 1.29 is 134 Å². The number of rotatable bonds is 16. The van der Waals surface area contributed by atoms with Gasteiger partial charge in [0.25, 0.3) is 5.69 Å². The first-order valence-corrected chi connectivity index (χ1v) is 20.2. The molecule has 65 heavy (non-hydrogen) atoms. The third-order valence-electron chi connectivity index (χ3n) is 11.6. The molecule has 16 N–H and O–H groups in total. The Balaban J connectivity index is 1.07. The molecule has 372 valence electrons. The van der Waals surface area contributed by atoms with Gasteiger partial charge in [-0.25, -0.2) is 0 Å². The number of benzene rings is 1. The molecule has 5 fully saturated rings. The summed E-state index contributed by atoms with van der Waals surface area (Å²) >= 11 is 0. The molecule has 0 saturated carbocycles. The van der Waals surface area contributed by atoms with Crippen molar-refractivity contribution in [1.82, 2.24) is 0 Å². The number of non-ortho nitro benzene ring substituents is 1. The highest BCUT2D eigenvalue weighted by molar-refractivity contribution is 5.36. The van der Waals surface area contributed by atoms with E-state index >= 15 is 0 Å². The molecule has 1 aromatic rings. The quantitative estimate of drug-likeness (QED) is 0.0540. The summed E-state index contributed by atoms with van der Waals surface area (Å²) < 4.78 is 55.6. The first kappa shape index (κ1) is 51.8. The van der Waals surface area contributed by atoms with Crippen LogP contribution >= 0.6 is 0 Å². The third-order valence-corrected chi connectivity index (χ3v) is 11.6. The van der Waals surface area contributed by atoms with E-state index in [9.17, 15) is 91.8 Å². The second-order valence-corrected chi connectivity index (χ2v) is 15.8. The fourth-order valence-corrected chi connectivity index (χ4v) is 7.90. The molecule has 29 nitrogen and oxygen atoms in total. The van der Waals surface area contributed by atoms with Crippen LogP contribution in [-0.2, 0) is 42.6 Å².